The molecule has 1 saturated heterocycles. The van der Waals surface area contributed by atoms with E-state index in [9.17, 15) is 27.6 Å². The molecular weight excluding hydrogens is 758 g/mol. The van der Waals surface area contributed by atoms with E-state index in [2.05, 4.69) is 32.9 Å². The number of halogens is 3. The Labute approximate surface area is 345 Å². The van der Waals surface area contributed by atoms with Crippen LogP contribution in [0.25, 0.3) is 6.08 Å². The van der Waals surface area contributed by atoms with E-state index >= 15 is 0 Å². The largest absolute Gasteiger partial charge is 0.490 e. The van der Waals surface area contributed by atoms with Gasteiger partial charge in [-0.1, -0.05) is 60.7 Å². The molecule has 0 bridgehead atoms. The van der Waals surface area contributed by atoms with Gasteiger partial charge in [-0.15, -0.1) is 0 Å². The molecule has 0 radical (unpaired) electrons. The van der Waals surface area contributed by atoms with Crippen molar-refractivity contribution in [3.8, 4) is 5.75 Å². The van der Waals surface area contributed by atoms with Gasteiger partial charge in [0.1, 0.15) is 18.4 Å². The molecular formula is C46H53F3N6O4. The number of benzene rings is 4. The molecule has 0 aliphatic carbocycles. The Morgan fingerprint density at radius 3 is 2.14 bits per heavy atom. The summed E-state index contributed by atoms with van der Waals surface area (Å²) in [5, 5.41) is 0. The summed E-state index contributed by atoms with van der Waals surface area (Å²) in [5.74, 6) is 0.237. The molecule has 2 heterocycles. The molecule has 312 valence electrons. The average molecular weight is 811 g/mol. The second-order valence-electron chi connectivity index (χ2n) is 15.4. The lowest BCUT2D eigenvalue weighted by Crippen LogP contribution is -2.51. The third kappa shape index (κ3) is 11.4. The van der Waals surface area contributed by atoms with Gasteiger partial charge in [-0.3, -0.25) is 14.4 Å². The lowest BCUT2D eigenvalue weighted by molar-refractivity contribution is -0.143. The van der Waals surface area contributed by atoms with Crippen molar-refractivity contribution in [2.24, 2.45) is 0 Å². The van der Waals surface area contributed by atoms with Gasteiger partial charge in [0, 0.05) is 91.6 Å². The number of amides is 3. The van der Waals surface area contributed by atoms with E-state index in [0.717, 1.165) is 52.5 Å². The van der Waals surface area contributed by atoms with Crippen molar-refractivity contribution in [2.75, 3.05) is 83.4 Å². The van der Waals surface area contributed by atoms with Crippen LogP contribution in [0.1, 0.15) is 34.7 Å². The van der Waals surface area contributed by atoms with Crippen molar-refractivity contribution >= 4 is 35.2 Å². The highest BCUT2D eigenvalue weighted by atomic mass is 19.4. The maximum atomic E-state index is 14.6. The Bertz CT molecular complexity index is 2070. The maximum absolute atomic E-state index is 14.6. The Balaban J connectivity index is 1.22. The lowest BCUT2D eigenvalue weighted by atomic mass is 10.0. The van der Waals surface area contributed by atoms with E-state index in [0.29, 0.717) is 58.0 Å². The third-order valence-corrected chi connectivity index (χ3v) is 11.0. The minimum atomic E-state index is -4.48. The average Bonchev–Trinajstić information content (AvgIpc) is 3.23. The number of nitrogens with zero attached hydrogens (tertiary/aromatic N) is 6. The van der Waals surface area contributed by atoms with Gasteiger partial charge in [0.05, 0.1) is 17.8 Å². The van der Waals surface area contributed by atoms with Gasteiger partial charge in [-0.05, 0) is 71.8 Å². The third-order valence-electron chi connectivity index (χ3n) is 11.0. The Hall–Kier alpha value is -5.82. The summed E-state index contributed by atoms with van der Waals surface area (Å²) < 4.78 is 45.7. The van der Waals surface area contributed by atoms with Crippen LogP contribution < -0.4 is 14.5 Å². The molecule has 1 atom stereocenters. The molecule has 13 heteroatoms. The molecule has 1 fully saturated rings. The highest BCUT2D eigenvalue weighted by Crippen LogP contribution is 2.32. The minimum Gasteiger partial charge on any atom is -0.490 e. The monoisotopic (exact) mass is 810 g/mol. The van der Waals surface area contributed by atoms with Gasteiger partial charge in [0.15, 0.2) is 0 Å². The second-order valence-corrected chi connectivity index (χ2v) is 15.4. The number of hydrogen-bond donors (Lipinski definition) is 0. The Morgan fingerprint density at radius 1 is 0.797 bits per heavy atom. The molecule has 0 spiro atoms. The van der Waals surface area contributed by atoms with Crippen molar-refractivity contribution < 1.29 is 32.3 Å². The van der Waals surface area contributed by atoms with Crippen molar-refractivity contribution in [1.82, 2.24) is 19.6 Å². The molecule has 10 nitrogen and oxygen atoms in total. The first-order chi connectivity index (χ1) is 28.2. The number of piperazine rings is 1. The number of fused-ring (bicyclic) bond motifs is 1. The van der Waals surface area contributed by atoms with Crippen LogP contribution in [0, 0.1) is 0 Å². The number of carbonyl (C=O) groups excluding carboxylic acids is 3. The molecule has 2 aliphatic heterocycles. The summed E-state index contributed by atoms with van der Waals surface area (Å²) in [4.78, 5) is 52.4. The van der Waals surface area contributed by atoms with E-state index in [-0.39, 0.29) is 24.8 Å². The number of rotatable bonds is 14. The zero-order valence-corrected chi connectivity index (χ0v) is 34.2. The fraction of sp³-hybridized carbons (Fsp3) is 0.370. The quantitative estimate of drug-likeness (QED) is 0.136. The van der Waals surface area contributed by atoms with Gasteiger partial charge in [0.2, 0.25) is 17.7 Å². The van der Waals surface area contributed by atoms with Crippen molar-refractivity contribution in [2.45, 2.75) is 38.7 Å². The zero-order valence-electron chi connectivity index (χ0n) is 34.2. The van der Waals surface area contributed by atoms with Crippen LogP contribution in [-0.2, 0) is 40.1 Å². The topological polar surface area (TPSA) is 79.9 Å². The fourth-order valence-electron chi connectivity index (χ4n) is 7.42. The van der Waals surface area contributed by atoms with Crippen molar-refractivity contribution in [3.63, 3.8) is 0 Å². The molecule has 59 heavy (non-hydrogen) atoms. The van der Waals surface area contributed by atoms with Gasteiger partial charge in [-0.2, -0.15) is 13.2 Å². The molecule has 0 N–H and O–H groups in total. The number of anilines is 2. The summed E-state index contributed by atoms with van der Waals surface area (Å²) in [7, 11) is 5.80. The van der Waals surface area contributed by atoms with Crippen LogP contribution in [0.4, 0.5) is 24.5 Å². The van der Waals surface area contributed by atoms with E-state index in [1.54, 1.807) is 23.8 Å². The minimum absolute atomic E-state index is 0.0587. The summed E-state index contributed by atoms with van der Waals surface area (Å²) in [5.41, 5.74) is 4.47. The molecule has 2 aliphatic rings. The summed E-state index contributed by atoms with van der Waals surface area (Å²) in [6.07, 6.45) is -1.43. The normalized spacial score (nSPS) is 14.9. The van der Waals surface area contributed by atoms with E-state index in [4.69, 9.17) is 4.74 Å². The molecule has 4 aromatic rings. The molecule has 6 rings (SSSR count). The highest BCUT2D eigenvalue weighted by molar-refractivity contribution is 5.95. The van der Waals surface area contributed by atoms with Crippen LogP contribution >= 0.6 is 0 Å². The van der Waals surface area contributed by atoms with E-state index in [1.807, 2.05) is 73.6 Å². The first-order valence-corrected chi connectivity index (χ1v) is 19.9. The summed E-state index contributed by atoms with van der Waals surface area (Å²) in [6.45, 7) is 7.46. The first-order valence-electron chi connectivity index (χ1n) is 19.9. The number of ether oxygens (including phenoxy) is 1. The highest BCUT2D eigenvalue weighted by Gasteiger charge is 2.32. The zero-order chi connectivity index (χ0) is 42.1. The van der Waals surface area contributed by atoms with Crippen LogP contribution in [0.3, 0.4) is 0 Å². The van der Waals surface area contributed by atoms with Crippen molar-refractivity contribution in [3.05, 3.63) is 131 Å². The smallest absolute Gasteiger partial charge is 0.416 e. The predicted octanol–water partition coefficient (Wildman–Crippen LogP) is 6.45. The molecule has 4 aromatic carbocycles. The van der Waals surface area contributed by atoms with Crippen molar-refractivity contribution in [1.29, 1.82) is 0 Å². The van der Waals surface area contributed by atoms with Gasteiger partial charge in [-0.25, -0.2) is 0 Å². The van der Waals surface area contributed by atoms with Gasteiger partial charge in [0.25, 0.3) is 0 Å². The molecule has 3 amide bonds. The summed E-state index contributed by atoms with van der Waals surface area (Å²) in [6, 6.07) is 27.3. The van der Waals surface area contributed by atoms with Crippen LogP contribution in [0.15, 0.2) is 103 Å². The number of alkyl halides is 3. The van der Waals surface area contributed by atoms with Gasteiger partial charge < -0.3 is 34.1 Å². The summed E-state index contributed by atoms with van der Waals surface area (Å²) >= 11 is 0. The van der Waals surface area contributed by atoms with E-state index in [1.165, 1.54) is 24.3 Å². The first kappa shape index (κ1) is 42.8. The predicted molar refractivity (Wildman–Crippen MR) is 225 cm³/mol. The van der Waals surface area contributed by atoms with Gasteiger partial charge >= 0.3 is 6.18 Å². The lowest BCUT2D eigenvalue weighted by Gasteiger charge is -2.36. The molecule has 1 unspecified atom stereocenters. The standard InChI is InChI=1S/C46H53F3N6O4/c1-34(56)53-24-26-54(27-25-53)40-18-12-37(13-19-40)33-55(44(57)21-15-35-10-16-39(17-11-35)46(47,48)49)42(30-36-8-6-5-7-9-36)45(58)52(4)23-22-50(2)32-38-14-20-41-43(31-38)59-29-28-51(41)3/h5-21,31,42H,22-30,32-33H2,1-4H3. The van der Waals surface area contributed by atoms with Crippen LogP contribution in [0.5, 0.6) is 5.75 Å². The number of likely N-dealkylation sites (N-methyl/N-ethyl adjacent to an activating group) is 3. The number of carbonyl (C=O) groups is 3. The molecule has 0 saturated carbocycles. The fourth-order valence-corrected chi connectivity index (χ4v) is 7.42. The van der Waals surface area contributed by atoms with E-state index < -0.39 is 23.7 Å². The maximum Gasteiger partial charge on any atom is 0.416 e. The number of hydrogen-bond acceptors (Lipinski definition) is 7. The molecule has 0 aromatic heterocycles. The van der Waals surface area contributed by atoms with Crippen LogP contribution in [-0.4, -0.2) is 117 Å². The Kier molecular flexibility index (Phi) is 14.0. The SMILES string of the molecule is CC(=O)N1CCN(c2ccc(CN(C(=O)C=Cc3ccc(C(F)(F)F)cc3)C(Cc3ccccc3)C(=O)N(C)CCN(C)Cc3ccc4c(c3)OCCN4C)cc2)CC1. The second kappa shape index (κ2) is 19.3. The van der Waals surface area contributed by atoms with Crippen LogP contribution in [0.2, 0.25) is 0 Å². The Morgan fingerprint density at radius 2 is 1.47 bits per heavy atom.